The predicted octanol–water partition coefficient (Wildman–Crippen LogP) is 5.67. The summed E-state index contributed by atoms with van der Waals surface area (Å²) < 4.78 is 38.0. The maximum atomic E-state index is 11.9. The van der Waals surface area contributed by atoms with E-state index in [-0.39, 0.29) is 25.0 Å². The van der Waals surface area contributed by atoms with Crippen LogP contribution < -0.4 is 0 Å². The summed E-state index contributed by atoms with van der Waals surface area (Å²) in [4.78, 5) is 19.4. The van der Waals surface area contributed by atoms with Crippen LogP contribution in [0.1, 0.15) is 79.1 Å². The fourth-order valence-electron chi connectivity index (χ4n) is 2.37. The Kier molecular flexibility index (Phi) is 13.6. The zero-order valence-corrected chi connectivity index (χ0v) is 17.8. The van der Waals surface area contributed by atoms with Gasteiger partial charge in [0.2, 0.25) is 0 Å². The smallest absolute Gasteiger partial charge is 0.302 e. The van der Waals surface area contributed by atoms with E-state index >= 15 is 0 Å². The van der Waals surface area contributed by atoms with Crippen LogP contribution in [0.2, 0.25) is 0 Å². The second-order valence-electron chi connectivity index (χ2n) is 6.44. The fraction of sp³-hybridized carbons (Fsp3) is 1.00. The van der Waals surface area contributed by atoms with Crippen LogP contribution in [0.15, 0.2) is 0 Å². The van der Waals surface area contributed by atoms with Gasteiger partial charge >= 0.3 is 15.6 Å². The van der Waals surface area contributed by atoms with E-state index in [1.807, 2.05) is 13.8 Å². The summed E-state index contributed by atoms with van der Waals surface area (Å²) in [6.45, 7) is 8.09. The van der Waals surface area contributed by atoms with Gasteiger partial charge in [0.25, 0.3) is 0 Å². The molecule has 4 atom stereocenters. The van der Waals surface area contributed by atoms with Crippen LogP contribution in [0, 0.1) is 11.8 Å². The zero-order valence-electron chi connectivity index (χ0n) is 16.1. The molecule has 0 aromatic heterocycles. The molecule has 0 aliphatic carbocycles. The molecule has 2 N–H and O–H groups in total. The van der Waals surface area contributed by atoms with Crippen LogP contribution in [0.25, 0.3) is 0 Å². The summed E-state index contributed by atoms with van der Waals surface area (Å²) in [6.07, 6.45) is 7.38. The van der Waals surface area contributed by atoms with E-state index in [1.165, 1.54) is 0 Å². The molecule has 0 heterocycles. The van der Waals surface area contributed by atoms with Gasteiger partial charge in [-0.1, -0.05) is 66.2 Å². The molecule has 0 aliphatic heterocycles. The molecule has 9 heteroatoms. The normalized spacial score (nSPS) is 19.1. The molecule has 4 unspecified atom stereocenters. The molecule has 0 aromatic carbocycles. The lowest BCUT2D eigenvalue weighted by Gasteiger charge is -2.20. The van der Waals surface area contributed by atoms with Crippen molar-refractivity contribution in [2.75, 3.05) is 13.2 Å². The minimum atomic E-state index is -4.64. The van der Waals surface area contributed by atoms with E-state index in [0.717, 1.165) is 51.4 Å². The SMILES string of the molecule is CCCCC(CC)COP(=O)(O)OP(=O)(O)OCC(CC)CCCC. The molecule has 0 rings (SSSR count). The Hall–Kier alpha value is 0.260. The van der Waals surface area contributed by atoms with Crippen molar-refractivity contribution in [2.45, 2.75) is 79.1 Å². The Labute approximate surface area is 152 Å². The van der Waals surface area contributed by atoms with Crippen molar-refractivity contribution in [3.05, 3.63) is 0 Å². The predicted molar refractivity (Wildman–Crippen MR) is 99.3 cm³/mol. The van der Waals surface area contributed by atoms with Crippen molar-refractivity contribution < 1.29 is 32.3 Å². The Morgan fingerprint density at radius 3 is 1.40 bits per heavy atom. The number of phosphoric acid groups is 2. The van der Waals surface area contributed by atoms with Gasteiger partial charge in [0.15, 0.2) is 0 Å². The third-order valence-corrected chi connectivity index (χ3v) is 6.84. The Morgan fingerprint density at radius 1 is 0.760 bits per heavy atom. The summed E-state index contributed by atoms with van der Waals surface area (Å²) in [6, 6.07) is 0. The first-order valence-corrected chi connectivity index (χ1v) is 12.3. The number of hydrogen-bond acceptors (Lipinski definition) is 5. The van der Waals surface area contributed by atoms with E-state index in [0.29, 0.717) is 0 Å². The van der Waals surface area contributed by atoms with Gasteiger partial charge in [0.05, 0.1) is 13.2 Å². The highest BCUT2D eigenvalue weighted by molar-refractivity contribution is 7.61. The summed E-state index contributed by atoms with van der Waals surface area (Å²) in [7, 11) is -9.28. The van der Waals surface area contributed by atoms with Gasteiger partial charge in [-0.05, 0) is 24.7 Å². The molecule has 152 valence electrons. The van der Waals surface area contributed by atoms with Gasteiger partial charge in [-0.3, -0.25) is 9.05 Å². The summed E-state index contributed by atoms with van der Waals surface area (Å²) in [5.74, 6) is 0.225. The monoisotopic (exact) mass is 402 g/mol. The number of phosphoric ester groups is 2. The Balaban J connectivity index is 4.43. The standard InChI is InChI=1S/C16H36O7P2/c1-5-9-11-15(7-3)13-21-24(17,18)23-25(19,20)22-14-16(8-4)12-10-6-2/h15-16H,5-14H2,1-4H3,(H,17,18)(H,19,20). The third kappa shape index (κ3) is 13.1. The molecule has 0 aromatic rings. The van der Waals surface area contributed by atoms with Crippen molar-refractivity contribution in [3.63, 3.8) is 0 Å². The topological polar surface area (TPSA) is 102 Å². The van der Waals surface area contributed by atoms with Crippen LogP contribution in [-0.2, 0) is 22.5 Å². The summed E-state index contributed by atoms with van der Waals surface area (Å²) >= 11 is 0. The molecule has 0 amide bonds. The third-order valence-electron chi connectivity index (χ3n) is 4.24. The van der Waals surface area contributed by atoms with Gasteiger partial charge < -0.3 is 9.79 Å². The van der Waals surface area contributed by atoms with Gasteiger partial charge in [-0.15, -0.1) is 0 Å². The van der Waals surface area contributed by atoms with Crippen LogP contribution in [0.3, 0.4) is 0 Å². The number of rotatable bonds is 16. The molecular formula is C16H36O7P2. The largest absolute Gasteiger partial charge is 0.481 e. The number of hydrogen-bond donors (Lipinski definition) is 2. The highest BCUT2D eigenvalue weighted by Gasteiger charge is 2.36. The van der Waals surface area contributed by atoms with Crippen molar-refractivity contribution in [2.24, 2.45) is 11.8 Å². The summed E-state index contributed by atoms with van der Waals surface area (Å²) in [5, 5.41) is 0. The summed E-state index contributed by atoms with van der Waals surface area (Å²) in [5.41, 5.74) is 0. The van der Waals surface area contributed by atoms with E-state index in [1.54, 1.807) is 0 Å². The molecular weight excluding hydrogens is 366 g/mol. The average molecular weight is 402 g/mol. The first-order valence-electron chi connectivity index (χ1n) is 9.35. The van der Waals surface area contributed by atoms with Gasteiger partial charge in [0.1, 0.15) is 0 Å². The second-order valence-corrected chi connectivity index (χ2v) is 9.49. The quantitative estimate of drug-likeness (QED) is 0.321. The van der Waals surface area contributed by atoms with Crippen LogP contribution in [0.5, 0.6) is 0 Å². The van der Waals surface area contributed by atoms with E-state index in [4.69, 9.17) is 9.05 Å². The molecule has 25 heavy (non-hydrogen) atoms. The second kappa shape index (κ2) is 13.4. The lowest BCUT2D eigenvalue weighted by molar-refractivity contribution is 0.126. The first-order chi connectivity index (χ1) is 11.7. The van der Waals surface area contributed by atoms with Crippen LogP contribution >= 0.6 is 15.6 Å². The molecule has 0 bridgehead atoms. The van der Waals surface area contributed by atoms with E-state index in [2.05, 4.69) is 18.2 Å². The van der Waals surface area contributed by atoms with E-state index < -0.39 is 15.6 Å². The average Bonchev–Trinajstić information content (AvgIpc) is 2.54. The van der Waals surface area contributed by atoms with Gasteiger partial charge in [-0.2, -0.15) is 4.31 Å². The van der Waals surface area contributed by atoms with Gasteiger partial charge in [-0.25, -0.2) is 9.13 Å². The van der Waals surface area contributed by atoms with E-state index in [9.17, 15) is 18.9 Å². The fourth-order valence-corrected chi connectivity index (χ4v) is 4.59. The van der Waals surface area contributed by atoms with Crippen molar-refractivity contribution in [3.8, 4) is 0 Å². The minimum Gasteiger partial charge on any atom is -0.302 e. The molecule has 7 nitrogen and oxygen atoms in total. The lowest BCUT2D eigenvalue weighted by atomic mass is 10.0. The number of unbranched alkanes of at least 4 members (excludes halogenated alkanes) is 2. The molecule has 0 radical (unpaired) electrons. The molecule has 0 saturated heterocycles. The minimum absolute atomic E-state index is 0.0123. The van der Waals surface area contributed by atoms with Gasteiger partial charge in [0, 0.05) is 0 Å². The van der Waals surface area contributed by atoms with Crippen molar-refractivity contribution >= 4 is 15.6 Å². The lowest BCUT2D eigenvalue weighted by Crippen LogP contribution is -2.10. The van der Waals surface area contributed by atoms with Crippen LogP contribution in [-0.4, -0.2) is 23.0 Å². The zero-order chi connectivity index (χ0) is 19.3. The van der Waals surface area contributed by atoms with Crippen LogP contribution in [0.4, 0.5) is 0 Å². The molecule has 0 fully saturated rings. The van der Waals surface area contributed by atoms with Crippen molar-refractivity contribution in [1.29, 1.82) is 0 Å². The highest BCUT2D eigenvalue weighted by atomic mass is 31.3. The Morgan fingerprint density at radius 2 is 1.12 bits per heavy atom. The highest BCUT2D eigenvalue weighted by Crippen LogP contribution is 2.60. The Bertz CT molecular complexity index is 393. The molecule has 0 aliphatic rings. The first kappa shape index (κ1) is 25.3. The van der Waals surface area contributed by atoms with Crippen molar-refractivity contribution in [1.82, 2.24) is 0 Å². The molecule has 0 saturated carbocycles. The molecule has 0 spiro atoms. The maximum absolute atomic E-state index is 11.9. The maximum Gasteiger partial charge on any atom is 0.481 e.